The van der Waals surface area contributed by atoms with Crippen LogP contribution in [-0.4, -0.2) is 16.1 Å². The minimum Gasteiger partial charge on any atom is -0.436 e. The van der Waals surface area contributed by atoms with Crippen LogP contribution in [0.3, 0.4) is 0 Å². The topological polar surface area (TPSA) is 81.5 Å². The van der Waals surface area contributed by atoms with Crippen molar-refractivity contribution in [2.24, 2.45) is 4.99 Å². The molecule has 0 unspecified atom stereocenters. The molecule has 3 aromatic carbocycles. The van der Waals surface area contributed by atoms with Crippen molar-refractivity contribution >= 4 is 34.8 Å². The number of aliphatic imine (C=N–C) groups is 1. The van der Waals surface area contributed by atoms with Gasteiger partial charge in [-0.1, -0.05) is 30.3 Å². The maximum absolute atomic E-state index is 10.9. The van der Waals surface area contributed by atoms with E-state index in [1.807, 2.05) is 44.2 Å². The number of nitro benzene ring substituents is 1. The molecule has 0 bridgehead atoms. The molecule has 6 nitrogen and oxygen atoms in total. The SMILES string of the molecule is Cc1cc(C)c2oc(-c3cccc(N=C/C=C/c4cccc([N+](=O)[O-])c4)c3)nc2c1. The molecule has 1 heterocycles. The summed E-state index contributed by atoms with van der Waals surface area (Å²) in [6.07, 6.45) is 5.17. The molecule has 0 aliphatic carbocycles. The Labute approximate surface area is 173 Å². The van der Waals surface area contributed by atoms with Gasteiger partial charge in [-0.25, -0.2) is 4.98 Å². The van der Waals surface area contributed by atoms with Crippen LogP contribution in [0.5, 0.6) is 0 Å². The number of benzene rings is 3. The number of fused-ring (bicyclic) bond motifs is 1. The van der Waals surface area contributed by atoms with Crippen molar-refractivity contribution in [2.45, 2.75) is 13.8 Å². The van der Waals surface area contributed by atoms with E-state index in [0.29, 0.717) is 5.89 Å². The highest BCUT2D eigenvalue weighted by molar-refractivity contribution is 5.82. The summed E-state index contributed by atoms with van der Waals surface area (Å²) in [5, 5.41) is 10.9. The number of oxazole rings is 1. The van der Waals surface area contributed by atoms with Crippen LogP contribution in [0, 0.1) is 24.0 Å². The standard InChI is InChI=1S/C24H19N3O3/c1-16-12-17(2)23-22(13-16)26-24(30-23)19-8-4-9-20(15-19)25-11-5-7-18-6-3-10-21(14-18)27(28)29/h3-15H,1-2H3/b7-5+,25-11?. The molecule has 30 heavy (non-hydrogen) atoms. The maximum Gasteiger partial charge on any atom is 0.270 e. The Hall–Kier alpha value is -4.06. The van der Waals surface area contributed by atoms with Gasteiger partial charge in [0.1, 0.15) is 5.52 Å². The zero-order valence-corrected chi connectivity index (χ0v) is 16.6. The predicted molar refractivity (Wildman–Crippen MR) is 119 cm³/mol. The van der Waals surface area contributed by atoms with Crippen LogP contribution in [0.15, 0.2) is 76.1 Å². The molecule has 0 aliphatic heterocycles. The molecule has 0 atom stereocenters. The van der Waals surface area contributed by atoms with Gasteiger partial charge in [0.05, 0.1) is 10.6 Å². The first-order chi connectivity index (χ1) is 14.5. The fraction of sp³-hybridized carbons (Fsp3) is 0.0833. The second kappa shape index (κ2) is 8.13. The van der Waals surface area contributed by atoms with Crippen LogP contribution in [0.4, 0.5) is 11.4 Å². The summed E-state index contributed by atoms with van der Waals surface area (Å²) < 4.78 is 5.98. The Morgan fingerprint density at radius 1 is 1.07 bits per heavy atom. The summed E-state index contributed by atoms with van der Waals surface area (Å²) in [7, 11) is 0. The zero-order valence-electron chi connectivity index (χ0n) is 16.6. The molecule has 0 amide bonds. The number of rotatable bonds is 5. The van der Waals surface area contributed by atoms with Gasteiger partial charge in [-0.05, 0) is 60.9 Å². The number of non-ortho nitro benzene ring substituents is 1. The molecular weight excluding hydrogens is 378 g/mol. The largest absolute Gasteiger partial charge is 0.436 e. The van der Waals surface area contributed by atoms with E-state index in [2.05, 4.69) is 16.0 Å². The van der Waals surface area contributed by atoms with Gasteiger partial charge in [-0.2, -0.15) is 0 Å². The number of allylic oxidation sites excluding steroid dienone is 1. The molecule has 0 N–H and O–H groups in total. The Kier molecular flexibility index (Phi) is 5.22. The quantitative estimate of drug-likeness (QED) is 0.220. The smallest absolute Gasteiger partial charge is 0.270 e. The van der Waals surface area contributed by atoms with Gasteiger partial charge in [0, 0.05) is 23.9 Å². The summed E-state index contributed by atoms with van der Waals surface area (Å²) in [6.45, 7) is 4.05. The minimum atomic E-state index is -0.411. The first-order valence-electron chi connectivity index (χ1n) is 9.43. The first-order valence-corrected chi connectivity index (χ1v) is 9.43. The number of hydrogen-bond donors (Lipinski definition) is 0. The van der Waals surface area contributed by atoms with Crippen LogP contribution in [-0.2, 0) is 0 Å². The maximum atomic E-state index is 10.9. The molecule has 0 saturated heterocycles. The molecule has 148 valence electrons. The van der Waals surface area contributed by atoms with Gasteiger partial charge in [0.2, 0.25) is 5.89 Å². The van der Waals surface area contributed by atoms with Gasteiger partial charge in [-0.15, -0.1) is 0 Å². The van der Waals surface area contributed by atoms with Crippen LogP contribution >= 0.6 is 0 Å². The molecule has 0 radical (unpaired) electrons. The molecule has 6 heteroatoms. The average molecular weight is 397 g/mol. The van der Waals surface area contributed by atoms with Crippen molar-refractivity contribution in [2.75, 3.05) is 0 Å². The minimum absolute atomic E-state index is 0.0607. The van der Waals surface area contributed by atoms with E-state index >= 15 is 0 Å². The number of aromatic nitrogens is 1. The second-order valence-corrected chi connectivity index (χ2v) is 6.99. The lowest BCUT2D eigenvalue weighted by Crippen LogP contribution is -1.87. The van der Waals surface area contributed by atoms with Crippen LogP contribution < -0.4 is 0 Å². The Morgan fingerprint density at radius 3 is 2.73 bits per heavy atom. The summed E-state index contributed by atoms with van der Waals surface area (Å²) >= 11 is 0. The third-order valence-corrected chi connectivity index (χ3v) is 4.59. The van der Waals surface area contributed by atoms with Crippen LogP contribution in [0.25, 0.3) is 28.6 Å². The third kappa shape index (κ3) is 4.17. The summed E-state index contributed by atoms with van der Waals surface area (Å²) in [5.74, 6) is 0.558. The van der Waals surface area contributed by atoms with Gasteiger partial charge < -0.3 is 4.42 Å². The van der Waals surface area contributed by atoms with Crippen molar-refractivity contribution in [3.05, 3.63) is 93.5 Å². The molecule has 4 aromatic rings. The fourth-order valence-electron chi connectivity index (χ4n) is 3.24. The lowest BCUT2D eigenvalue weighted by atomic mass is 10.1. The van der Waals surface area contributed by atoms with Crippen molar-refractivity contribution in [1.82, 2.24) is 4.98 Å². The first kappa shape index (κ1) is 19.3. The highest BCUT2D eigenvalue weighted by Crippen LogP contribution is 2.29. The van der Waals surface area contributed by atoms with E-state index < -0.39 is 4.92 Å². The second-order valence-electron chi connectivity index (χ2n) is 6.99. The van der Waals surface area contributed by atoms with Crippen molar-refractivity contribution in [3.63, 3.8) is 0 Å². The molecular formula is C24H19N3O3. The summed E-state index contributed by atoms with van der Waals surface area (Å²) in [5.41, 5.74) is 6.25. The monoisotopic (exact) mass is 397 g/mol. The van der Waals surface area contributed by atoms with Gasteiger partial charge >= 0.3 is 0 Å². The third-order valence-electron chi connectivity index (χ3n) is 4.59. The number of nitro groups is 1. The van der Waals surface area contributed by atoms with Crippen molar-refractivity contribution < 1.29 is 9.34 Å². The van der Waals surface area contributed by atoms with Gasteiger partial charge in [-0.3, -0.25) is 15.1 Å². The molecule has 0 saturated carbocycles. The zero-order chi connectivity index (χ0) is 21.1. The van der Waals surface area contributed by atoms with E-state index in [9.17, 15) is 10.1 Å². The van der Waals surface area contributed by atoms with E-state index in [1.165, 1.54) is 12.1 Å². The Balaban J connectivity index is 1.54. The van der Waals surface area contributed by atoms with Crippen LogP contribution in [0.1, 0.15) is 16.7 Å². The number of hydrogen-bond acceptors (Lipinski definition) is 5. The molecule has 1 aromatic heterocycles. The fourth-order valence-corrected chi connectivity index (χ4v) is 3.24. The number of nitrogens with zero attached hydrogens (tertiary/aromatic N) is 3. The van der Waals surface area contributed by atoms with E-state index in [1.54, 1.807) is 30.5 Å². The lowest BCUT2D eigenvalue weighted by molar-refractivity contribution is -0.384. The van der Waals surface area contributed by atoms with Gasteiger partial charge in [0.15, 0.2) is 5.58 Å². The highest BCUT2D eigenvalue weighted by Gasteiger charge is 2.11. The molecule has 0 spiro atoms. The summed E-state index contributed by atoms with van der Waals surface area (Å²) in [4.78, 5) is 19.5. The van der Waals surface area contributed by atoms with E-state index in [4.69, 9.17) is 4.42 Å². The average Bonchev–Trinajstić information content (AvgIpc) is 3.16. The predicted octanol–water partition coefficient (Wildman–Crippen LogP) is 6.44. The molecule has 0 fully saturated rings. The molecule has 0 aliphatic rings. The van der Waals surface area contributed by atoms with E-state index in [0.717, 1.165) is 39.0 Å². The van der Waals surface area contributed by atoms with E-state index in [-0.39, 0.29) is 5.69 Å². The number of aryl methyl sites for hydroxylation is 2. The Morgan fingerprint density at radius 2 is 1.90 bits per heavy atom. The highest BCUT2D eigenvalue weighted by atomic mass is 16.6. The van der Waals surface area contributed by atoms with Crippen molar-refractivity contribution in [1.29, 1.82) is 0 Å². The molecule has 4 rings (SSSR count). The lowest BCUT2D eigenvalue weighted by Gasteiger charge is -1.97. The Bertz CT molecular complexity index is 1300. The normalized spacial score (nSPS) is 11.7. The summed E-state index contributed by atoms with van der Waals surface area (Å²) in [6, 6.07) is 18.2. The van der Waals surface area contributed by atoms with Crippen molar-refractivity contribution in [3.8, 4) is 11.5 Å². The van der Waals surface area contributed by atoms with Crippen LogP contribution in [0.2, 0.25) is 0 Å². The van der Waals surface area contributed by atoms with Gasteiger partial charge in [0.25, 0.3) is 5.69 Å².